The second-order valence-electron chi connectivity index (χ2n) is 6.05. The van der Waals surface area contributed by atoms with Crippen molar-refractivity contribution in [1.29, 1.82) is 0 Å². The van der Waals surface area contributed by atoms with E-state index in [0.29, 0.717) is 0 Å². The van der Waals surface area contributed by atoms with Gasteiger partial charge in [0.15, 0.2) is 0 Å². The van der Waals surface area contributed by atoms with E-state index in [4.69, 9.17) is 5.11 Å². The summed E-state index contributed by atoms with van der Waals surface area (Å²) in [7, 11) is -0.519. The average Bonchev–Trinajstić information content (AvgIpc) is 2.13. The quantitative estimate of drug-likeness (QED) is 0.610. The zero-order chi connectivity index (χ0) is 13.9. The predicted molar refractivity (Wildman–Crippen MR) is 69.8 cm³/mol. The minimum atomic E-state index is -1.86. The first-order valence-corrected chi connectivity index (χ1v) is 8.88. The van der Waals surface area contributed by atoms with Crippen LogP contribution in [0.4, 0.5) is 0 Å². The minimum Gasteiger partial charge on any atom is -0.481 e. The van der Waals surface area contributed by atoms with Gasteiger partial charge in [-0.15, -0.1) is 0 Å². The Kier molecular flexibility index (Phi) is 5.38. The first-order valence-electron chi connectivity index (χ1n) is 5.81. The molecule has 0 spiro atoms. The highest BCUT2D eigenvalue weighted by Crippen LogP contribution is 2.46. The first-order chi connectivity index (χ1) is 7.52. The topological polar surface area (TPSA) is 63.6 Å². The van der Waals surface area contributed by atoms with Crippen molar-refractivity contribution in [3.05, 3.63) is 0 Å². The molecule has 0 saturated carbocycles. The number of esters is 1. The summed E-state index contributed by atoms with van der Waals surface area (Å²) in [5.41, 5.74) is -0.0903. The van der Waals surface area contributed by atoms with Crippen LogP contribution in [0.1, 0.15) is 33.6 Å². The predicted octanol–water partition coefficient (Wildman–Crippen LogP) is 2.90. The molecule has 0 bridgehead atoms. The van der Waals surface area contributed by atoms with E-state index in [1.54, 1.807) is 0 Å². The number of methoxy groups -OCH3 is 1. The van der Waals surface area contributed by atoms with E-state index in [1.807, 2.05) is 0 Å². The maximum absolute atomic E-state index is 11.4. The maximum Gasteiger partial charge on any atom is 0.305 e. The summed E-state index contributed by atoms with van der Waals surface area (Å²) >= 11 is 0. The van der Waals surface area contributed by atoms with Gasteiger partial charge in [0.1, 0.15) is 0 Å². The molecule has 0 aliphatic heterocycles. The highest BCUT2D eigenvalue weighted by Gasteiger charge is 2.43. The van der Waals surface area contributed by atoms with Crippen LogP contribution in [-0.4, -0.2) is 32.2 Å². The average molecular weight is 260 g/mol. The lowest BCUT2D eigenvalue weighted by atomic mass is 10.2. The van der Waals surface area contributed by atoms with Gasteiger partial charge in [0.2, 0.25) is 0 Å². The summed E-state index contributed by atoms with van der Waals surface area (Å²) in [6.45, 7) is 10.6. The van der Waals surface area contributed by atoms with Crippen molar-refractivity contribution in [2.24, 2.45) is 0 Å². The Morgan fingerprint density at radius 2 is 1.71 bits per heavy atom. The third kappa shape index (κ3) is 4.50. The SMILES string of the molecule is COC(=O)CC(CC(=O)O)[Si](C)(C)C(C)(C)C. The van der Waals surface area contributed by atoms with Crippen molar-refractivity contribution in [2.45, 2.75) is 57.3 Å². The molecule has 1 atom stereocenters. The zero-order valence-electron chi connectivity index (χ0n) is 11.7. The van der Waals surface area contributed by atoms with Crippen molar-refractivity contribution in [3.8, 4) is 0 Å². The first kappa shape index (κ1) is 16.2. The minimum absolute atomic E-state index is 0.0472. The van der Waals surface area contributed by atoms with Crippen LogP contribution in [0.3, 0.4) is 0 Å². The summed E-state index contributed by atoms with van der Waals surface area (Å²) in [4.78, 5) is 22.3. The fourth-order valence-electron chi connectivity index (χ4n) is 1.69. The summed E-state index contributed by atoms with van der Waals surface area (Å²) in [5, 5.41) is 9.03. The molecule has 0 aromatic rings. The molecular weight excluding hydrogens is 236 g/mol. The summed E-state index contributed by atoms with van der Waals surface area (Å²) < 4.78 is 4.66. The number of carbonyl (C=O) groups excluding carboxylic acids is 1. The summed E-state index contributed by atoms with van der Waals surface area (Å²) in [5.74, 6) is -1.16. The molecule has 0 radical (unpaired) electrons. The van der Waals surface area contributed by atoms with Crippen LogP contribution in [0.5, 0.6) is 0 Å². The van der Waals surface area contributed by atoms with E-state index in [9.17, 15) is 9.59 Å². The molecule has 0 heterocycles. The second kappa shape index (κ2) is 5.66. The van der Waals surface area contributed by atoms with Gasteiger partial charge in [0, 0.05) is 12.8 Å². The number of carboxylic acids is 1. The van der Waals surface area contributed by atoms with Crippen LogP contribution >= 0.6 is 0 Å². The van der Waals surface area contributed by atoms with E-state index < -0.39 is 14.0 Å². The molecule has 0 aromatic carbocycles. The van der Waals surface area contributed by atoms with Gasteiger partial charge in [0.25, 0.3) is 0 Å². The lowest BCUT2D eigenvalue weighted by molar-refractivity contribution is -0.141. The lowest BCUT2D eigenvalue weighted by Crippen LogP contribution is -2.43. The Balaban J connectivity index is 5.03. The number of hydrogen-bond acceptors (Lipinski definition) is 3. The number of aliphatic carboxylic acids is 1. The molecule has 0 aliphatic carbocycles. The second-order valence-corrected chi connectivity index (χ2v) is 11.8. The number of carbonyl (C=O) groups is 2. The molecule has 1 unspecified atom stereocenters. The summed E-state index contributed by atoms with van der Waals surface area (Å²) in [6.07, 6.45) is 0.255. The number of hydrogen-bond donors (Lipinski definition) is 1. The molecular formula is C12H24O4Si. The standard InChI is InChI=1S/C12H24O4Si/c1-12(2,3)17(5,6)9(7-10(13)14)8-11(15)16-4/h9H,7-8H2,1-6H3,(H,13,14). The zero-order valence-corrected chi connectivity index (χ0v) is 12.7. The Morgan fingerprint density at radius 1 is 1.24 bits per heavy atom. The van der Waals surface area contributed by atoms with Gasteiger partial charge >= 0.3 is 11.9 Å². The third-order valence-corrected chi connectivity index (χ3v) is 10.3. The van der Waals surface area contributed by atoms with Crippen LogP contribution in [0.2, 0.25) is 23.7 Å². The van der Waals surface area contributed by atoms with E-state index in [2.05, 4.69) is 38.6 Å². The highest BCUT2D eigenvalue weighted by molar-refractivity contribution is 6.81. The number of rotatable bonds is 5. The Labute approximate surface area is 104 Å². The van der Waals surface area contributed by atoms with E-state index in [1.165, 1.54) is 7.11 Å². The lowest BCUT2D eigenvalue weighted by Gasteiger charge is -2.42. The molecule has 4 nitrogen and oxygen atoms in total. The van der Waals surface area contributed by atoms with Gasteiger partial charge in [-0.2, -0.15) is 0 Å². The molecule has 0 amide bonds. The Bertz CT molecular complexity index is 291. The highest BCUT2D eigenvalue weighted by atomic mass is 28.3. The van der Waals surface area contributed by atoms with Gasteiger partial charge in [0.05, 0.1) is 15.2 Å². The largest absolute Gasteiger partial charge is 0.481 e. The molecule has 0 saturated heterocycles. The van der Waals surface area contributed by atoms with Crippen molar-refractivity contribution < 1.29 is 19.4 Å². The molecule has 17 heavy (non-hydrogen) atoms. The summed E-state index contributed by atoms with van der Waals surface area (Å²) in [6, 6.07) is 0. The normalized spacial score (nSPS) is 14.2. The van der Waals surface area contributed by atoms with Crippen LogP contribution < -0.4 is 0 Å². The maximum atomic E-state index is 11.4. The molecule has 0 rings (SSSR count). The van der Waals surface area contributed by atoms with Crippen molar-refractivity contribution in [2.75, 3.05) is 7.11 Å². The van der Waals surface area contributed by atoms with Crippen molar-refractivity contribution >= 4 is 20.0 Å². The van der Waals surface area contributed by atoms with Gasteiger partial charge in [-0.1, -0.05) is 33.9 Å². The fraction of sp³-hybridized carbons (Fsp3) is 0.833. The van der Waals surface area contributed by atoms with Crippen LogP contribution in [0.15, 0.2) is 0 Å². The molecule has 0 aromatic heterocycles. The molecule has 100 valence electrons. The van der Waals surface area contributed by atoms with E-state index in [0.717, 1.165) is 0 Å². The molecule has 0 aliphatic rings. The third-order valence-electron chi connectivity index (χ3n) is 4.02. The monoisotopic (exact) mass is 260 g/mol. The smallest absolute Gasteiger partial charge is 0.305 e. The Morgan fingerprint density at radius 3 is 2.00 bits per heavy atom. The van der Waals surface area contributed by atoms with Gasteiger partial charge in [-0.25, -0.2) is 0 Å². The van der Waals surface area contributed by atoms with Crippen molar-refractivity contribution in [3.63, 3.8) is 0 Å². The number of carboxylic acid groups (broad SMARTS) is 1. The van der Waals surface area contributed by atoms with E-state index >= 15 is 0 Å². The van der Waals surface area contributed by atoms with Crippen LogP contribution in [-0.2, 0) is 14.3 Å². The van der Waals surface area contributed by atoms with Crippen LogP contribution in [0.25, 0.3) is 0 Å². The van der Waals surface area contributed by atoms with Gasteiger partial charge in [-0.3, -0.25) is 9.59 Å². The van der Waals surface area contributed by atoms with Gasteiger partial charge < -0.3 is 9.84 Å². The fourth-order valence-corrected chi connectivity index (χ4v) is 4.28. The van der Waals surface area contributed by atoms with Crippen LogP contribution in [0, 0.1) is 0 Å². The number of ether oxygens (including phenoxy) is 1. The Hall–Kier alpha value is -0.843. The van der Waals surface area contributed by atoms with Gasteiger partial charge in [-0.05, 0) is 10.6 Å². The molecule has 5 heteroatoms. The van der Waals surface area contributed by atoms with E-state index in [-0.39, 0.29) is 29.4 Å². The molecule has 1 N–H and O–H groups in total. The molecule has 0 fully saturated rings. The van der Waals surface area contributed by atoms with Crippen molar-refractivity contribution in [1.82, 2.24) is 0 Å².